The topological polar surface area (TPSA) is 54.8 Å². The first-order valence-electron chi connectivity index (χ1n) is 11.4. The maximum Gasteiger partial charge on any atom is 0.242 e. The molecule has 2 amide bonds. The Balaban J connectivity index is 1.45. The molecule has 2 aromatic rings. The molecule has 0 N–H and O–H groups in total. The van der Waals surface area contributed by atoms with Crippen LogP contribution in [0.1, 0.15) is 39.5 Å². The van der Waals surface area contributed by atoms with Crippen LogP contribution in [0.4, 0.5) is 0 Å². The molecule has 2 aliphatic heterocycles. The smallest absolute Gasteiger partial charge is 0.242 e. The summed E-state index contributed by atoms with van der Waals surface area (Å²) in [7, 11) is 0. The van der Waals surface area contributed by atoms with E-state index in [0.29, 0.717) is 25.4 Å². The van der Waals surface area contributed by atoms with Crippen LogP contribution in [0.15, 0.2) is 35.4 Å². The van der Waals surface area contributed by atoms with E-state index in [4.69, 9.17) is 4.74 Å². The lowest BCUT2D eigenvalue weighted by atomic mass is 10.2. The largest absolute Gasteiger partial charge is 0.372 e. The van der Waals surface area contributed by atoms with Crippen molar-refractivity contribution in [2.45, 2.75) is 63.2 Å². The molecule has 2 aliphatic rings. The summed E-state index contributed by atoms with van der Waals surface area (Å²) < 4.78 is 7.79. The van der Waals surface area contributed by atoms with Crippen LogP contribution >= 0.6 is 11.8 Å². The number of fused-ring (bicyclic) bond motifs is 1. The number of morpholine rings is 1. The molecule has 1 aromatic carbocycles. The molecule has 6 nitrogen and oxygen atoms in total. The second-order valence-corrected chi connectivity index (χ2v) is 9.80. The Labute approximate surface area is 188 Å². The lowest BCUT2D eigenvalue weighted by Crippen LogP contribution is -2.48. The summed E-state index contributed by atoms with van der Waals surface area (Å²) in [6, 6.07) is 8.15. The maximum absolute atomic E-state index is 12.9. The molecule has 3 heterocycles. The van der Waals surface area contributed by atoms with E-state index in [2.05, 4.69) is 12.1 Å². The van der Waals surface area contributed by atoms with Gasteiger partial charge in [0.1, 0.15) is 6.54 Å². The fourth-order valence-electron chi connectivity index (χ4n) is 4.64. The molecule has 7 heteroatoms. The van der Waals surface area contributed by atoms with Gasteiger partial charge in [0.15, 0.2) is 0 Å². The molecule has 2 saturated heterocycles. The number of aromatic nitrogens is 1. The Bertz CT molecular complexity index is 910. The van der Waals surface area contributed by atoms with Crippen LogP contribution < -0.4 is 0 Å². The minimum absolute atomic E-state index is 0.0737. The Kier molecular flexibility index (Phi) is 7.23. The van der Waals surface area contributed by atoms with Crippen LogP contribution in [0.2, 0.25) is 0 Å². The highest BCUT2D eigenvalue weighted by atomic mass is 32.2. The average Bonchev–Trinajstić information content (AvgIpc) is 2.92. The minimum atomic E-state index is 0.0737. The Morgan fingerprint density at radius 2 is 1.65 bits per heavy atom. The SMILES string of the molecule is C[C@@H]1CN(C(=O)CSc2cn(CC(=O)N3CCCCCC3)c3ccccc23)C[C@@H](C)O1. The normalized spacial score (nSPS) is 22.5. The highest BCUT2D eigenvalue weighted by Gasteiger charge is 2.26. The van der Waals surface area contributed by atoms with Crippen LogP contribution in [-0.4, -0.2) is 70.3 Å². The van der Waals surface area contributed by atoms with Gasteiger partial charge in [-0.05, 0) is 32.8 Å². The number of nitrogens with zero attached hydrogens (tertiary/aromatic N) is 3. The lowest BCUT2D eigenvalue weighted by molar-refractivity contribution is -0.140. The fourth-order valence-corrected chi connectivity index (χ4v) is 5.63. The number of hydrogen-bond donors (Lipinski definition) is 0. The van der Waals surface area contributed by atoms with Gasteiger partial charge in [-0.3, -0.25) is 9.59 Å². The predicted octanol–water partition coefficient (Wildman–Crippen LogP) is 3.77. The lowest BCUT2D eigenvalue weighted by Gasteiger charge is -2.35. The molecule has 1 aromatic heterocycles. The van der Waals surface area contributed by atoms with E-state index < -0.39 is 0 Å². The molecule has 31 heavy (non-hydrogen) atoms. The third-order valence-corrected chi connectivity index (χ3v) is 7.17. The second-order valence-electron chi connectivity index (χ2n) is 8.78. The van der Waals surface area contributed by atoms with E-state index in [1.165, 1.54) is 12.8 Å². The molecule has 2 fully saturated rings. The van der Waals surface area contributed by atoms with Gasteiger partial charge in [-0.15, -0.1) is 11.8 Å². The Morgan fingerprint density at radius 1 is 0.968 bits per heavy atom. The van der Waals surface area contributed by atoms with Gasteiger partial charge >= 0.3 is 0 Å². The molecule has 0 saturated carbocycles. The van der Waals surface area contributed by atoms with Gasteiger partial charge in [-0.2, -0.15) is 0 Å². The molecule has 0 aliphatic carbocycles. The average molecular weight is 444 g/mol. The van der Waals surface area contributed by atoms with Crippen LogP contribution in [0.3, 0.4) is 0 Å². The van der Waals surface area contributed by atoms with Crippen molar-refractivity contribution in [2.75, 3.05) is 31.9 Å². The van der Waals surface area contributed by atoms with Crippen molar-refractivity contribution in [2.24, 2.45) is 0 Å². The number of hydrogen-bond acceptors (Lipinski definition) is 4. The van der Waals surface area contributed by atoms with Crippen LogP contribution in [0, 0.1) is 0 Å². The number of ether oxygens (including phenoxy) is 1. The standard InChI is InChI=1S/C24H33N3O3S/c1-18-13-27(14-19(2)30-18)24(29)17-31-22-15-26(21-10-6-5-9-20(21)22)16-23(28)25-11-7-3-4-8-12-25/h5-6,9-10,15,18-19H,3-4,7-8,11-14,16-17H2,1-2H3/t18-,19-/m1/s1. The summed E-state index contributed by atoms with van der Waals surface area (Å²) in [5.41, 5.74) is 1.05. The molecule has 168 valence electrons. The van der Waals surface area contributed by atoms with E-state index in [1.54, 1.807) is 11.8 Å². The minimum Gasteiger partial charge on any atom is -0.372 e. The Hall–Kier alpha value is -1.99. The second kappa shape index (κ2) is 10.1. The van der Waals surface area contributed by atoms with Gasteiger partial charge in [0.25, 0.3) is 0 Å². The van der Waals surface area contributed by atoms with Crippen LogP contribution in [-0.2, 0) is 20.9 Å². The predicted molar refractivity (Wildman–Crippen MR) is 124 cm³/mol. The van der Waals surface area contributed by atoms with Crippen LogP contribution in [0.5, 0.6) is 0 Å². The first-order valence-corrected chi connectivity index (χ1v) is 12.4. The number of carbonyl (C=O) groups excluding carboxylic acids is 2. The number of rotatable bonds is 5. The zero-order chi connectivity index (χ0) is 21.8. The zero-order valence-corrected chi connectivity index (χ0v) is 19.4. The number of benzene rings is 1. The van der Waals surface area contributed by atoms with E-state index in [0.717, 1.165) is 41.7 Å². The van der Waals surface area contributed by atoms with Crippen molar-refractivity contribution in [1.29, 1.82) is 0 Å². The Morgan fingerprint density at radius 3 is 2.35 bits per heavy atom. The van der Waals surface area contributed by atoms with E-state index in [9.17, 15) is 9.59 Å². The molecular weight excluding hydrogens is 410 g/mol. The highest BCUT2D eigenvalue weighted by Crippen LogP contribution is 2.30. The van der Waals surface area contributed by atoms with Crippen molar-refractivity contribution < 1.29 is 14.3 Å². The fraction of sp³-hybridized carbons (Fsp3) is 0.583. The molecule has 0 spiro atoms. The molecule has 0 unspecified atom stereocenters. The number of para-hydroxylation sites is 1. The van der Waals surface area contributed by atoms with Gasteiger partial charge in [0.05, 0.1) is 18.0 Å². The quantitative estimate of drug-likeness (QED) is 0.660. The summed E-state index contributed by atoms with van der Waals surface area (Å²) in [6.07, 6.45) is 6.81. The van der Waals surface area contributed by atoms with Gasteiger partial charge in [-0.1, -0.05) is 31.0 Å². The van der Waals surface area contributed by atoms with Crippen molar-refractivity contribution in [3.8, 4) is 0 Å². The van der Waals surface area contributed by atoms with Gasteiger partial charge in [-0.25, -0.2) is 0 Å². The van der Waals surface area contributed by atoms with Gasteiger partial charge in [0, 0.05) is 48.2 Å². The summed E-state index contributed by atoms with van der Waals surface area (Å²) in [4.78, 5) is 30.7. The molecular formula is C24H33N3O3S. The maximum atomic E-state index is 12.9. The van der Waals surface area contributed by atoms with E-state index in [1.807, 2.05) is 46.5 Å². The number of amides is 2. The van der Waals surface area contributed by atoms with E-state index >= 15 is 0 Å². The third-order valence-electron chi connectivity index (χ3n) is 6.14. The molecule has 0 radical (unpaired) electrons. The number of thioether (sulfide) groups is 1. The number of carbonyl (C=O) groups is 2. The van der Waals surface area contributed by atoms with Gasteiger partial charge < -0.3 is 19.1 Å². The highest BCUT2D eigenvalue weighted by molar-refractivity contribution is 8.00. The van der Waals surface area contributed by atoms with Gasteiger partial charge in [0.2, 0.25) is 11.8 Å². The summed E-state index contributed by atoms with van der Waals surface area (Å²) in [5.74, 6) is 0.726. The molecule has 4 rings (SSSR count). The van der Waals surface area contributed by atoms with Crippen molar-refractivity contribution in [1.82, 2.24) is 14.4 Å². The number of likely N-dealkylation sites (tertiary alicyclic amines) is 1. The zero-order valence-electron chi connectivity index (χ0n) is 18.6. The summed E-state index contributed by atoms with van der Waals surface area (Å²) >= 11 is 1.56. The van der Waals surface area contributed by atoms with Crippen molar-refractivity contribution in [3.63, 3.8) is 0 Å². The van der Waals surface area contributed by atoms with Crippen molar-refractivity contribution in [3.05, 3.63) is 30.5 Å². The summed E-state index contributed by atoms with van der Waals surface area (Å²) in [5, 5.41) is 1.10. The molecule has 0 bridgehead atoms. The first-order chi connectivity index (χ1) is 15.0. The van der Waals surface area contributed by atoms with Crippen LogP contribution in [0.25, 0.3) is 10.9 Å². The third kappa shape index (κ3) is 5.44. The molecule has 2 atom stereocenters. The summed E-state index contributed by atoms with van der Waals surface area (Å²) in [6.45, 7) is 7.41. The van der Waals surface area contributed by atoms with E-state index in [-0.39, 0.29) is 24.0 Å². The van der Waals surface area contributed by atoms with Crippen molar-refractivity contribution >= 4 is 34.5 Å². The first kappa shape index (κ1) is 22.2. The monoisotopic (exact) mass is 443 g/mol.